The molecule has 0 spiro atoms. The minimum atomic E-state index is 0.303. The average Bonchev–Trinajstić information content (AvgIpc) is 2.42. The molecule has 0 aliphatic rings. The summed E-state index contributed by atoms with van der Waals surface area (Å²) in [5, 5.41) is 11.8. The molecule has 0 fully saturated rings. The van der Waals surface area contributed by atoms with E-state index in [2.05, 4.69) is 42.5 Å². The monoisotopic (exact) mass is 252 g/mol. The van der Waals surface area contributed by atoms with E-state index in [0.29, 0.717) is 5.75 Å². The van der Waals surface area contributed by atoms with Crippen LogP contribution < -0.4 is 0 Å². The molecular weight excluding hydrogens is 240 g/mol. The van der Waals surface area contributed by atoms with Crippen molar-refractivity contribution in [3.05, 3.63) is 66.7 Å². The Morgan fingerprint density at radius 2 is 1.44 bits per heavy atom. The fraction of sp³-hybridized carbons (Fsp3) is 0. The quantitative estimate of drug-likeness (QED) is 0.713. The summed E-state index contributed by atoms with van der Waals surface area (Å²) in [6, 6.07) is 22.0. The Balaban J connectivity index is 2.02. The Hall–Kier alpha value is -1.93. The van der Waals surface area contributed by atoms with Gasteiger partial charge in [0.05, 0.1) is 0 Å². The van der Waals surface area contributed by atoms with Gasteiger partial charge in [-0.15, -0.1) is 0 Å². The molecule has 0 aliphatic heterocycles. The first-order valence-electron chi connectivity index (χ1n) is 5.77. The highest BCUT2D eigenvalue weighted by molar-refractivity contribution is 7.99. The highest BCUT2D eigenvalue weighted by Gasteiger charge is 2.02. The lowest BCUT2D eigenvalue weighted by Crippen LogP contribution is -1.77. The summed E-state index contributed by atoms with van der Waals surface area (Å²) in [5.74, 6) is 0.303. The maximum absolute atomic E-state index is 9.29. The second-order valence-corrected chi connectivity index (χ2v) is 5.19. The standard InChI is InChI=1S/C16H12OS/c17-13-8-10-14(11-9-13)18-16-7-3-5-12-4-1-2-6-15(12)16/h1-11,17H. The van der Waals surface area contributed by atoms with Crippen LogP contribution >= 0.6 is 11.8 Å². The second-order valence-electron chi connectivity index (χ2n) is 4.07. The van der Waals surface area contributed by atoms with Gasteiger partial charge in [0.1, 0.15) is 5.75 Å². The van der Waals surface area contributed by atoms with E-state index in [1.807, 2.05) is 12.1 Å². The van der Waals surface area contributed by atoms with Gasteiger partial charge in [0.2, 0.25) is 0 Å². The number of fused-ring (bicyclic) bond motifs is 1. The van der Waals surface area contributed by atoms with Gasteiger partial charge in [-0.25, -0.2) is 0 Å². The lowest BCUT2D eigenvalue weighted by atomic mass is 10.1. The molecule has 0 saturated carbocycles. The van der Waals surface area contributed by atoms with E-state index in [-0.39, 0.29) is 0 Å². The smallest absolute Gasteiger partial charge is 0.115 e. The van der Waals surface area contributed by atoms with Gasteiger partial charge in [-0.2, -0.15) is 0 Å². The first-order chi connectivity index (χ1) is 8.83. The van der Waals surface area contributed by atoms with Crippen LogP contribution in [-0.2, 0) is 0 Å². The van der Waals surface area contributed by atoms with E-state index < -0.39 is 0 Å². The fourth-order valence-corrected chi connectivity index (χ4v) is 2.89. The minimum absolute atomic E-state index is 0.303. The summed E-state index contributed by atoms with van der Waals surface area (Å²) >= 11 is 1.71. The van der Waals surface area contributed by atoms with Crippen LogP contribution in [0.2, 0.25) is 0 Å². The molecule has 0 saturated heterocycles. The zero-order valence-electron chi connectivity index (χ0n) is 9.71. The first kappa shape index (κ1) is 11.2. The van der Waals surface area contributed by atoms with Crippen LogP contribution in [0.1, 0.15) is 0 Å². The molecule has 0 radical (unpaired) electrons. The number of hydrogen-bond acceptors (Lipinski definition) is 2. The third-order valence-corrected chi connectivity index (χ3v) is 3.90. The number of phenolic OH excluding ortho intramolecular Hbond substituents is 1. The van der Waals surface area contributed by atoms with Crippen LogP contribution in [0, 0.1) is 0 Å². The first-order valence-corrected chi connectivity index (χ1v) is 6.59. The number of benzene rings is 3. The van der Waals surface area contributed by atoms with E-state index in [1.165, 1.54) is 15.7 Å². The molecule has 1 N–H and O–H groups in total. The van der Waals surface area contributed by atoms with Crippen molar-refractivity contribution >= 4 is 22.5 Å². The van der Waals surface area contributed by atoms with Crippen molar-refractivity contribution in [1.29, 1.82) is 0 Å². The van der Waals surface area contributed by atoms with Gasteiger partial charge in [-0.05, 0) is 41.1 Å². The van der Waals surface area contributed by atoms with Crippen LogP contribution in [0.15, 0.2) is 76.5 Å². The molecule has 2 heteroatoms. The maximum atomic E-state index is 9.29. The van der Waals surface area contributed by atoms with E-state index in [0.717, 1.165) is 4.90 Å². The molecule has 0 aromatic heterocycles. The SMILES string of the molecule is Oc1ccc(Sc2cccc3ccccc23)cc1. The molecule has 0 amide bonds. The van der Waals surface area contributed by atoms with Gasteiger partial charge in [-0.1, -0.05) is 48.2 Å². The van der Waals surface area contributed by atoms with Crippen molar-refractivity contribution in [2.45, 2.75) is 9.79 Å². The summed E-state index contributed by atoms with van der Waals surface area (Å²) in [6.45, 7) is 0. The Morgan fingerprint density at radius 1 is 0.722 bits per heavy atom. The number of hydrogen-bond donors (Lipinski definition) is 1. The molecule has 3 rings (SSSR count). The average molecular weight is 252 g/mol. The molecule has 0 heterocycles. The molecule has 3 aromatic carbocycles. The summed E-state index contributed by atoms with van der Waals surface area (Å²) in [5.41, 5.74) is 0. The maximum Gasteiger partial charge on any atom is 0.115 e. The summed E-state index contributed by atoms with van der Waals surface area (Å²) in [7, 11) is 0. The molecule has 3 aromatic rings. The highest BCUT2D eigenvalue weighted by Crippen LogP contribution is 2.33. The lowest BCUT2D eigenvalue weighted by molar-refractivity contribution is 0.475. The highest BCUT2D eigenvalue weighted by atomic mass is 32.2. The summed E-state index contributed by atoms with van der Waals surface area (Å²) in [4.78, 5) is 2.36. The van der Waals surface area contributed by atoms with E-state index in [4.69, 9.17) is 0 Å². The molecule has 0 aliphatic carbocycles. The molecular formula is C16H12OS. The van der Waals surface area contributed by atoms with E-state index in [1.54, 1.807) is 23.9 Å². The largest absolute Gasteiger partial charge is 0.508 e. The van der Waals surface area contributed by atoms with Crippen molar-refractivity contribution in [2.24, 2.45) is 0 Å². The van der Waals surface area contributed by atoms with Gasteiger partial charge in [0.25, 0.3) is 0 Å². The number of phenols is 1. The minimum Gasteiger partial charge on any atom is -0.508 e. The third-order valence-electron chi connectivity index (χ3n) is 2.81. The van der Waals surface area contributed by atoms with Gasteiger partial charge < -0.3 is 5.11 Å². The van der Waals surface area contributed by atoms with Crippen LogP contribution in [0.3, 0.4) is 0 Å². The van der Waals surface area contributed by atoms with Crippen molar-refractivity contribution in [1.82, 2.24) is 0 Å². The second kappa shape index (κ2) is 4.75. The van der Waals surface area contributed by atoms with Gasteiger partial charge in [-0.3, -0.25) is 0 Å². The molecule has 0 atom stereocenters. The predicted octanol–water partition coefficient (Wildman–Crippen LogP) is 4.70. The Morgan fingerprint density at radius 3 is 2.28 bits per heavy atom. The molecule has 1 nitrogen and oxygen atoms in total. The predicted molar refractivity (Wildman–Crippen MR) is 76.2 cm³/mol. The topological polar surface area (TPSA) is 20.2 Å². The van der Waals surface area contributed by atoms with Gasteiger partial charge in [0, 0.05) is 9.79 Å². The van der Waals surface area contributed by atoms with Crippen LogP contribution in [0.25, 0.3) is 10.8 Å². The Bertz CT molecular complexity index is 669. The molecule has 88 valence electrons. The van der Waals surface area contributed by atoms with Crippen molar-refractivity contribution in [3.8, 4) is 5.75 Å². The molecule has 18 heavy (non-hydrogen) atoms. The summed E-state index contributed by atoms with van der Waals surface area (Å²) < 4.78 is 0. The van der Waals surface area contributed by atoms with Gasteiger partial charge >= 0.3 is 0 Å². The van der Waals surface area contributed by atoms with Crippen molar-refractivity contribution in [3.63, 3.8) is 0 Å². The zero-order chi connectivity index (χ0) is 12.4. The normalized spacial score (nSPS) is 10.7. The van der Waals surface area contributed by atoms with E-state index in [9.17, 15) is 5.11 Å². The summed E-state index contributed by atoms with van der Waals surface area (Å²) in [6.07, 6.45) is 0. The Kier molecular flexibility index (Phi) is 2.95. The van der Waals surface area contributed by atoms with E-state index >= 15 is 0 Å². The zero-order valence-corrected chi connectivity index (χ0v) is 10.5. The van der Waals surface area contributed by atoms with Crippen LogP contribution in [0.5, 0.6) is 5.75 Å². The fourth-order valence-electron chi connectivity index (χ4n) is 1.93. The number of rotatable bonds is 2. The molecule has 0 unspecified atom stereocenters. The Labute approximate surface area is 110 Å². The third kappa shape index (κ3) is 2.20. The van der Waals surface area contributed by atoms with Crippen LogP contribution in [0.4, 0.5) is 0 Å². The molecule has 0 bridgehead atoms. The van der Waals surface area contributed by atoms with Crippen molar-refractivity contribution in [2.75, 3.05) is 0 Å². The van der Waals surface area contributed by atoms with Crippen molar-refractivity contribution < 1.29 is 5.11 Å². The number of aromatic hydroxyl groups is 1. The lowest BCUT2D eigenvalue weighted by Gasteiger charge is -2.06. The van der Waals surface area contributed by atoms with Gasteiger partial charge in [0.15, 0.2) is 0 Å². The van der Waals surface area contributed by atoms with Crippen LogP contribution in [-0.4, -0.2) is 5.11 Å².